The van der Waals surface area contributed by atoms with E-state index in [1.165, 1.54) is 0 Å². The van der Waals surface area contributed by atoms with Gasteiger partial charge < -0.3 is 10.3 Å². The van der Waals surface area contributed by atoms with Crippen LogP contribution in [0.4, 0.5) is 5.69 Å². The Morgan fingerprint density at radius 3 is 2.58 bits per heavy atom. The number of nitrogens with zero attached hydrogens (tertiary/aromatic N) is 3. The van der Waals surface area contributed by atoms with Gasteiger partial charge in [-0.25, -0.2) is 0 Å². The number of anilines is 1. The molecule has 1 aromatic carbocycles. The van der Waals surface area contributed by atoms with Crippen LogP contribution in [0.2, 0.25) is 5.02 Å². The summed E-state index contributed by atoms with van der Waals surface area (Å²) in [5.74, 6) is 0.902. The number of hydrogen-bond donors (Lipinski definition) is 1. The minimum atomic E-state index is 0.397. The van der Waals surface area contributed by atoms with Crippen molar-refractivity contribution in [2.24, 2.45) is 0 Å². The highest BCUT2D eigenvalue weighted by molar-refractivity contribution is 6.33. The predicted molar refractivity (Wildman–Crippen MR) is 72.4 cm³/mol. The fourth-order valence-corrected chi connectivity index (χ4v) is 1.80. The summed E-state index contributed by atoms with van der Waals surface area (Å²) in [5.41, 5.74) is 7.74. The van der Waals surface area contributed by atoms with Gasteiger partial charge in [0.25, 0.3) is 5.89 Å². The van der Waals surface area contributed by atoms with Crippen molar-refractivity contribution in [1.82, 2.24) is 15.1 Å². The van der Waals surface area contributed by atoms with E-state index in [0.717, 1.165) is 11.1 Å². The monoisotopic (exact) mass is 272 g/mol. The maximum absolute atomic E-state index is 5.96. The van der Waals surface area contributed by atoms with Crippen LogP contribution in [0.25, 0.3) is 22.8 Å². The van der Waals surface area contributed by atoms with Crippen LogP contribution >= 0.6 is 11.6 Å². The Labute approximate surface area is 114 Å². The highest BCUT2D eigenvalue weighted by Gasteiger charge is 2.11. The molecule has 0 spiro atoms. The third-order valence-electron chi connectivity index (χ3n) is 2.61. The molecule has 0 saturated carbocycles. The lowest BCUT2D eigenvalue weighted by Crippen LogP contribution is -1.87. The Morgan fingerprint density at radius 2 is 1.84 bits per heavy atom. The smallest absolute Gasteiger partial charge is 0.258 e. The molecular weight excluding hydrogens is 264 g/mol. The number of halogens is 1. The maximum atomic E-state index is 5.96. The molecule has 6 heteroatoms. The number of pyridine rings is 1. The molecule has 0 aliphatic rings. The molecule has 5 nitrogen and oxygen atoms in total. The zero-order valence-corrected chi connectivity index (χ0v) is 10.5. The van der Waals surface area contributed by atoms with E-state index in [0.29, 0.717) is 22.4 Å². The lowest BCUT2D eigenvalue weighted by molar-refractivity contribution is 0.432. The van der Waals surface area contributed by atoms with Gasteiger partial charge in [-0.1, -0.05) is 16.8 Å². The minimum absolute atomic E-state index is 0.397. The molecule has 0 unspecified atom stereocenters. The van der Waals surface area contributed by atoms with E-state index in [4.69, 9.17) is 21.9 Å². The third-order valence-corrected chi connectivity index (χ3v) is 2.94. The van der Waals surface area contributed by atoms with Crippen LogP contribution in [-0.2, 0) is 0 Å². The Morgan fingerprint density at radius 1 is 1.05 bits per heavy atom. The predicted octanol–water partition coefficient (Wildman–Crippen LogP) is 3.03. The summed E-state index contributed by atoms with van der Waals surface area (Å²) >= 11 is 5.96. The maximum Gasteiger partial charge on any atom is 0.258 e. The molecule has 0 atom stereocenters. The summed E-state index contributed by atoms with van der Waals surface area (Å²) in [6.45, 7) is 0. The molecule has 2 N–H and O–H groups in total. The first-order valence-corrected chi connectivity index (χ1v) is 5.91. The van der Waals surface area contributed by atoms with Crippen molar-refractivity contribution in [3.05, 3.63) is 47.7 Å². The standard InChI is InChI=1S/C13H9ClN4O/c14-10-7-9(1-2-11(10)15)13-17-12(18-19-13)8-3-5-16-6-4-8/h1-7H,15H2. The van der Waals surface area contributed by atoms with E-state index < -0.39 is 0 Å². The second-order valence-corrected chi connectivity index (χ2v) is 4.30. The third kappa shape index (κ3) is 2.28. The average Bonchev–Trinajstić information content (AvgIpc) is 2.93. The molecule has 0 bridgehead atoms. The molecule has 0 amide bonds. The van der Waals surface area contributed by atoms with Crippen LogP contribution in [0.5, 0.6) is 0 Å². The van der Waals surface area contributed by atoms with Crippen molar-refractivity contribution in [2.75, 3.05) is 5.73 Å². The topological polar surface area (TPSA) is 77.8 Å². The number of aromatic nitrogens is 3. The summed E-state index contributed by atoms with van der Waals surface area (Å²) in [7, 11) is 0. The summed E-state index contributed by atoms with van der Waals surface area (Å²) in [5, 5.41) is 4.39. The Bertz CT molecular complexity index is 712. The molecule has 0 aliphatic heterocycles. The first-order chi connectivity index (χ1) is 9.24. The first-order valence-electron chi connectivity index (χ1n) is 5.53. The molecule has 2 heterocycles. The SMILES string of the molecule is Nc1ccc(-c2nc(-c3ccncc3)no2)cc1Cl. The van der Waals surface area contributed by atoms with Crippen molar-refractivity contribution in [3.8, 4) is 22.8 Å². The van der Waals surface area contributed by atoms with Gasteiger partial charge in [-0.3, -0.25) is 4.98 Å². The van der Waals surface area contributed by atoms with Gasteiger partial charge in [-0.05, 0) is 30.3 Å². The van der Waals surface area contributed by atoms with Gasteiger partial charge in [0.15, 0.2) is 0 Å². The van der Waals surface area contributed by atoms with E-state index in [-0.39, 0.29) is 0 Å². The summed E-state index contributed by atoms with van der Waals surface area (Å²) in [6, 6.07) is 8.80. The van der Waals surface area contributed by atoms with Crippen LogP contribution in [0.15, 0.2) is 47.2 Å². The highest BCUT2D eigenvalue weighted by Crippen LogP contribution is 2.27. The number of hydrogen-bond acceptors (Lipinski definition) is 5. The quantitative estimate of drug-likeness (QED) is 0.726. The summed E-state index contributed by atoms with van der Waals surface area (Å²) in [4.78, 5) is 8.26. The minimum Gasteiger partial charge on any atom is -0.398 e. The van der Waals surface area contributed by atoms with Crippen molar-refractivity contribution >= 4 is 17.3 Å². The summed E-state index contributed by atoms with van der Waals surface area (Å²) < 4.78 is 5.22. The number of rotatable bonds is 2. The van der Waals surface area contributed by atoms with Crippen molar-refractivity contribution < 1.29 is 4.52 Å². The molecule has 2 aromatic heterocycles. The van der Waals surface area contributed by atoms with Gasteiger partial charge in [0.05, 0.1) is 10.7 Å². The molecule has 0 aliphatic carbocycles. The van der Waals surface area contributed by atoms with Crippen molar-refractivity contribution in [2.45, 2.75) is 0 Å². The van der Waals surface area contributed by atoms with Crippen molar-refractivity contribution in [3.63, 3.8) is 0 Å². The van der Waals surface area contributed by atoms with Crippen molar-refractivity contribution in [1.29, 1.82) is 0 Å². The van der Waals surface area contributed by atoms with Gasteiger partial charge in [-0.15, -0.1) is 0 Å². The van der Waals surface area contributed by atoms with Crippen LogP contribution in [0, 0.1) is 0 Å². The largest absolute Gasteiger partial charge is 0.398 e. The number of benzene rings is 1. The fraction of sp³-hybridized carbons (Fsp3) is 0. The summed E-state index contributed by atoms with van der Waals surface area (Å²) in [6.07, 6.45) is 3.34. The molecular formula is C13H9ClN4O. The first kappa shape index (κ1) is 11.7. The molecule has 19 heavy (non-hydrogen) atoms. The number of nitrogen functional groups attached to an aromatic ring is 1. The molecule has 3 rings (SSSR count). The fourth-order valence-electron chi connectivity index (χ4n) is 1.62. The zero-order chi connectivity index (χ0) is 13.2. The van der Waals surface area contributed by atoms with Gasteiger partial charge in [0.1, 0.15) is 0 Å². The number of nitrogens with two attached hydrogens (primary N) is 1. The molecule has 0 saturated heterocycles. The van der Waals surface area contributed by atoms with Gasteiger partial charge >= 0.3 is 0 Å². The van der Waals surface area contributed by atoms with Gasteiger partial charge in [0, 0.05) is 23.5 Å². The average molecular weight is 273 g/mol. The van der Waals surface area contributed by atoms with E-state index in [9.17, 15) is 0 Å². The molecule has 94 valence electrons. The van der Waals surface area contributed by atoms with E-state index >= 15 is 0 Å². The van der Waals surface area contributed by atoms with Crippen LogP contribution in [-0.4, -0.2) is 15.1 Å². The second kappa shape index (κ2) is 4.70. The molecule has 3 aromatic rings. The highest BCUT2D eigenvalue weighted by atomic mass is 35.5. The van der Waals surface area contributed by atoms with Crippen LogP contribution in [0.3, 0.4) is 0 Å². The lowest BCUT2D eigenvalue weighted by atomic mass is 10.2. The van der Waals surface area contributed by atoms with E-state index in [1.54, 1.807) is 30.6 Å². The van der Waals surface area contributed by atoms with Crippen LogP contribution < -0.4 is 5.73 Å². The molecule has 0 radical (unpaired) electrons. The second-order valence-electron chi connectivity index (χ2n) is 3.90. The Balaban J connectivity index is 1.99. The van der Waals surface area contributed by atoms with Gasteiger partial charge in [0.2, 0.25) is 5.82 Å². The Hall–Kier alpha value is -2.40. The van der Waals surface area contributed by atoms with Gasteiger partial charge in [-0.2, -0.15) is 4.98 Å². The van der Waals surface area contributed by atoms with E-state index in [1.807, 2.05) is 12.1 Å². The zero-order valence-electron chi connectivity index (χ0n) is 9.75. The van der Waals surface area contributed by atoms with Crippen LogP contribution in [0.1, 0.15) is 0 Å². The normalized spacial score (nSPS) is 10.6. The molecule has 0 fully saturated rings. The lowest BCUT2D eigenvalue weighted by Gasteiger charge is -1.98. The van der Waals surface area contributed by atoms with E-state index in [2.05, 4.69) is 15.1 Å². The Kier molecular flexibility index (Phi) is 2.89.